The van der Waals surface area contributed by atoms with Crippen LogP contribution in [0.15, 0.2) is 35.6 Å². The number of hydrogen-bond donors (Lipinski definition) is 0. The lowest BCUT2D eigenvalue weighted by Crippen LogP contribution is -2.41. The fraction of sp³-hybridized carbons (Fsp3) is 0.143. The van der Waals surface area contributed by atoms with Gasteiger partial charge >= 0.3 is 10.0 Å². The van der Waals surface area contributed by atoms with Crippen molar-refractivity contribution in [1.29, 1.82) is 0 Å². The van der Waals surface area contributed by atoms with Gasteiger partial charge in [0.05, 0.1) is 0 Å². The van der Waals surface area contributed by atoms with Crippen molar-refractivity contribution in [2.45, 2.75) is 16.9 Å². The lowest BCUT2D eigenvalue weighted by molar-refractivity contribution is -0.115. The lowest BCUT2D eigenvalue weighted by atomic mass is 10.3. The number of benzene rings is 1. The summed E-state index contributed by atoms with van der Waals surface area (Å²) >= 11 is 11.0. The molecule has 0 aliphatic rings. The third-order valence-electron chi connectivity index (χ3n) is 3.33. The first kappa shape index (κ1) is 19.4. The molecule has 3 aromatic rings. The Labute approximate surface area is 161 Å². The van der Waals surface area contributed by atoms with Gasteiger partial charge in [0, 0.05) is 11.9 Å². The molecular formula is C14H9Cl2F2N5O3S. The van der Waals surface area contributed by atoms with Gasteiger partial charge in [0.1, 0.15) is 5.69 Å². The highest BCUT2D eigenvalue weighted by molar-refractivity contribution is 7.93. The van der Waals surface area contributed by atoms with Crippen LogP contribution in [-0.4, -0.2) is 38.7 Å². The summed E-state index contributed by atoms with van der Waals surface area (Å²) in [6.07, 6.45) is 1.38. The summed E-state index contributed by atoms with van der Waals surface area (Å²) in [5.41, 5.74) is -0.648. The van der Waals surface area contributed by atoms with E-state index in [1.54, 1.807) is 6.92 Å². The Bertz CT molecular complexity index is 1130. The number of carbonyl (C=O) groups excluding carboxylic acids is 1. The van der Waals surface area contributed by atoms with E-state index in [-0.39, 0.29) is 10.1 Å². The SMILES string of the molecule is Cc1ccn2nc(S(=O)(=O)N(C(=O)C(Cl)Cl)c3c(F)cccc3F)nc2n1. The number of hydrogen-bond acceptors (Lipinski definition) is 6. The van der Waals surface area contributed by atoms with Crippen LogP contribution in [0.4, 0.5) is 14.5 Å². The zero-order valence-electron chi connectivity index (χ0n) is 13.3. The number of rotatable bonds is 4. The van der Waals surface area contributed by atoms with Crippen LogP contribution in [0, 0.1) is 18.6 Å². The van der Waals surface area contributed by atoms with Crippen LogP contribution in [0.1, 0.15) is 5.69 Å². The number of fused-ring (bicyclic) bond motifs is 1. The Morgan fingerprint density at radius 2 is 1.81 bits per heavy atom. The highest BCUT2D eigenvalue weighted by atomic mass is 35.5. The van der Waals surface area contributed by atoms with E-state index in [0.29, 0.717) is 5.69 Å². The van der Waals surface area contributed by atoms with Crippen LogP contribution < -0.4 is 4.31 Å². The number of amides is 1. The molecule has 2 heterocycles. The number of aryl methyl sites for hydroxylation is 1. The second kappa shape index (κ2) is 6.98. The Kier molecular flexibility index (Phi) is 5.02. The molecule has 1 amide bonds. The number of carbonyl (C=O) groups is 1. The Hall–Kier alpha value is -2.37. The molecule has 0 saturated heterocycles. The van der Waals surface area contributed by atoms with Crippen molar-refractivity contribution < 1.29 is 22.0 Å². The van der Waals surface area contributed by atoms with Crippen LogP contribution in [0.3, 0.4) is 0 Å². The van der Waals surface area contributed by atoms with Crippen molar-refractivity contribution in [1.82, 2.24) is 19.6 Å². The first-order valence-corrected chi connectivity index (χ1v) is 9.45. The van der Waals surface area contributed by atoms with Crippen molar-refractivity contribution >= 4 is 50.6 Å². The summed E-state index contributed by atoms with van der Waals surface area (Å²) in [5.74, 6) is -4.23. The number of alkyl halides is 2. The third-order valence-corrected chi connectivity index (χ3v) is 5.18. The summed E-state index contributed by atoms with van der Waals surface area (Å²) < 4.78 is 55.1. The fourth-order valence-corrected chi connectivity index (χ4v) is 3.78. The maximum absolute atomic E-state index is 14.2. The molecule has 0 bridgehead atoms. The average Bonchev–Trinajstić information content (AvgIpc) is 3.01. The molecule has 27 heavy (non-hydrogen) atoms. The summed E-state index contributed by atoms with van der Waals surface area (Å²) in [4.78, 5) is 18.1. The van der Waals surface area contributed by atoms with Gasteiger partial charge in [-0.05, 0) is 25.1 Å². The topological polar surface area (TPSA) is 97.5 Å². The van der Waals surface area contributed by atoms with Gasteiger partial charge < -0.3 is 0 Å². The minimum atomic E-state index is -4.97. The van der Waals surface area contributed by atoms with Crippen molar-refractivity contribution in [2.75, 3.05) is 4.31 Å². The molecule has 0 saturated carbocycles. The molecule has 0 spiro atoms. The molecule has 2 aromatic heterocycles. The van der Waals surface area contributed by atoms with Gasteiger partial charge in [-0.25, -0.2) is 18.3 Å². The number of halogens is 4. The molecule has 0 fully saturated rings. The normalized spacial score (nSPS) is 11.9. The van der Waals surface area contributed by atoms with E-state index in [1.165, 1.54) is 12.3 Å². The standard InChI is InChI=1S/C14H9Cl2F2N5O3S/c1-7-5-6-22-13(19-7)20-14(21-22)27(25,26)23(12(24)11(15)16)10-8(17)3-2-4-9(10)18/h2-6,11H,1H3. The van der Waals surface area contributed by atoms with E-state index in [4.69, 9.17) is 23.2 Å². The molecule has 13 heteroatoms. The molecule has 0 aliphatic heterocycles. The maximum atomic E-state index is 14.2. The van der Waals surface area contributed by atoms with Crippen LogP contribution >= 0.6 is 23.2 Å². The molecule has 0 unspecified atom stereocenters. The number of anilines is 1. The Balaban J connectivity index is 2.25. The van der Waals surface area contributed by atoms with Crippen LogP contribution in [0.5, 0.6) is 0 Å². The molecule has 0 atom stereocenters. The minimum absolute atomic E-state index is 0.0942. The second-order valence-electron chi connectivity index (χ2n) is 5.19. The van der Waals surface area contributed by atoms with E-state index in [9.17, 15) is 22.0 Å². The zero-order chi connectivity index (χ0) is 19.9. The van der Waals surface area contributed by atoms with Gasteiger partial charge in [-0.3, -0.25) is 4.79 Å². The van der Waals surface area contributed by atoms with Gasteiger partial charge in [-0.15, -0.1) is 5.10 Å². The Morgan fingerprint density at radius 3 is 2.41 bits per heavy atom. The van der Waals surface area contributed by atoms with Crippen LogP contribution in [0.25, 0.3) is 5.78 Å². The van der Waals surface area contributed by atoms with E-state index in [0.717, 1.165) is 22.7 Å². The highest BCUT2D eigenvalue weighted by Crippen LogP contribution is 2.30. The highest BCUT2D eigenvalue weighted by Gasteiger charge is 2.40. The molecular weight excluding hydrogens is 427 g/mol. The number of aromatic nitrogens is 4. The van der Waals surface area contributed by atoms with Gasteiger partial charge in [0.25, 0.3) is 16.8 Å². The van der Waals surface area contributed by atoms with Gasteiger partial charge in [-0.1, -0.05) is 29.3 Å². The van der Waals surface area contributed by atoms with E-state index in [1.807, 2.05) is 0 Å². The molecule has 0 aliphatic carbocycles. The van der Waals surface area contributed by atoms with Crippen molar-refractivity contribution in [3.05, 3.63) is 47.8 Å². The van der Waals surface area contributed by atoms with Gasteiger partial charge in [0.15, 0.2) is 16.5 Å². The second-order valence-corrected chi connectivity index (χ2v) is 7.96. The molecule has 3 rings (SSSR count). The first-order valence-electron chi connectivity index (χ1n) is 7.14. The predicted molar refractivity (Wildman–Crippen MR) is 92.0 cm³/mol. The fourth-order valence-electron chi connectivity index (χ4n) is 2.16. The van der Waals surface area contributed by atoms with E-state index < -0.39 is 43.2 Å². The molecule has 8 nitrogen and oxygen atoms in total. The predicted octanol–water partition coefficient (Wildman–Crippen LogP) is 2.24. The summed E-state index contributed by atoms with van der Waals surface area (Å²) in [5, 5.41) is 2.79. The molecule has 1 aromatic carbocycles. The Morgan fingerprint density at radius 1 is 1.19 bits per heavy atom. The van der Waals surface area contributed by atoms with Crippen LogP contribution in [0.2, 0.25) is 0 Å². The smallest absolute Gasteiger partial charge is 0.270 e. The largest absolute Gasteiger partial charge is 0.308 e. The lowest BCUT2D eigenvalue weighted by Gasteiger charge is -2.22. The summed E-state index contributed by atoms with van der Waals surface area (Å²) in [7, 11) is -4.97. The maximum Gasteiger partial charge on any atom is 0.308 e. The quantitative estimate of drug-likeness (QED) is 0.582. The number of nitrogens with zero attached hydrogens (tertiary/aromatic N) is 5. The summed E-state index contributed by atoms with van der Waals surface area (Å²) in [6.45, 7) is 1.64. The summed E-state index contributed by atoms with van der Waals surface area (Å²) in [6, 6.07) is 4.07. The van der Waals surface area contributed by atoms with Crippen molar-refractivity contribution in [3.63, 3.8) is 0 Å². The van der Waals surface area contributed by atoms with E-state index in [2.05, 4.69) is 15.1 Å². The number of para-hydroxylation sites is 1. The van der Waals surface area contributed by atoms with Crippen LogP contribution in [-0.2, 0) is 14.8 Å². The minimum Gasteiger partial charge on any atom is -0.270 e. The van der Waals surface area contributed by atoms with Gasteiger partial charge in [-0.2, -0.15) is 17.7 Å². The molecule has 0 N–H and O–H groups in total. The average molecular weight is 436 g/mol. The zero-order valence-corrected chi connectivity index (χ0v) is 15.7. The first-order chi connectivity index (χ1) is 12.6. The molecule has 0 radical (unpaired) electrons. The van der Waals surface area contributed by atoms with Gasteiger partial charge in [0.2, 0.25) is 0 Å². The third kappa shape index (κ3) is 3.45. The van der Waals surface area contributed by atoms with E-state index >= 15 is 0 Å². The number of sulfonamides is 1. The monoisotopic (exact) mass is 435 g/mol. The molecule has 142 valence electrons. The van der Waals surface area contributed by atoms with Crippen molar-refractivity contribution in [3.8, 4) is 0 Å². The van der Waals surface area contributed by atoms with Crippen molar-refractivity contribution in [2.24, 2.45) is 0 Å².